The normalized spacial score (nSPS) is 17.8. The molecular weight excluding hydrogens is 692 g/mol. The topological polar surface area (TPSA) is 143 Å². The number of aliphatic hydroxyl groups excluding tert-OH is 1. The predicted molar refractivity (Wildman–Crippen MR) is 203 cm³/mol. The van der Waals surface area contributed by atoms with Gasteiger partial charge in [0.15, 0.2) is 5.54 Å². The highest BCUT2D eigenvalue weighted by Crippen LogP contribution is 2.31. The summed E-state index contributed by atoms with van der Waals surface area (Å²) in [5.74, 6) is 0.819. The molecule has 0 amide bonds. The largest absolute Gasteiger partial charge is 0.497 e. The number of benzene rings is 4. The predicted octanol–water partition coefficient (Wildman–Crippen LogP) is 5.28. The summed E-state index contributed by atoms with van der Waals surface area (Å²) in [4.78, 5) is 29.6. The van der Waals surface area contributed by atoms with E-state index in [4.69, 9.17) is 33.2 Å². The van der Waals surface area contributed by atoms with E-state index < -0.39 is 35.2 Å². The molecule has 0 aromatic heterocycles. The molecule has 0 aliphatic carbocycles. The summed E-state index contributed by atoms with van der Waals surface area (Å²) in [6.07, 6.45) is -1.53. The van der Waals surface area contributed by atoms with Crippen molar-refractivity contribution in [3.63, 3.8) is 0 Å². The van der Waals surface area contributed by atoms with Gasteiger partial charge in [0.25, 0.3) is 0 Å². The number of esters is 2. The van der Waals surface area contributed by atoms with Crippen molar-refractivity contribution in [3.05, 3.63) is 131 Å². The average molecular weight is 743 g/mol. The molecular formula is C42H50N2O10. The molecule has 288 valence electrons. The summed E-state index contributed by atoms with van der Waals surface area (Å²) < 4.78 is 37.7. The first kappa shape index (κ1) is 41.5. The van der Waals surface area contributed by atoms with E-state index in [0.29, 0.717) is 25.7 Å². The van der Waals surface area contributed by atoms with Crippen molar-refractivity contribution < 1.29 is 47.9 Å². The van der Waals surface area contributed by atoms with Gasteiger partial charge in [0.05, 0.1) is 61.0 Å². The lowest BCUT2D eigenvalue weighted by Gasteiger charge is -2.34. The van der Waals surface area contributed by atoms with Crippen LogP contribution in [0.25, 0.3) is 0 Å². The zero-order valence-corrected chi connectivity index (χ0v) is 31.7. The standard InChI is InChI=1S/C21H23NO5.C21H27NO5/c1-15-21(20(23)25-3,14-26-13-16-7-5-4-6-8-16)22-19(27-15)17-9-11-18(24-2)12-10-17;1-16(23)21(20(24)26-3,15-27-14-18-7-5-4-6-8-18)22-13-17-9-11-19(25-2)12-10-17/h4-12,15H,13-14H2,1-3H3;4-12,16,22-23H,13-15H2,1-3H3/t15-,21-;16-,21-/m11/s1. The van der Waals surface area contributed by atoms with Gasteiger partial charge >= 0.3 is 11.9 Å². The molecule has 12 nitrogen and oxygen atoms in total. The highest BCUT2D eigenvalue weighted by Gasteiger charge is 2.52. The third-order valence-electron chi connectivity index (χ3n) is 9.04. The lowest BCUT2D eigenvalue weighted by atomic mass is 9.93. The number of aliphatic hydroxyl groups is 1. The fourth-order valence-electron chi connectivity index (χ4n) is 5.64. The molecule has 0 radical (unpaired) electrons. The molecule has 4 atom stereocenters. The van der Waals surface area contributed by atoms with Crippen molar-refractivity contribution in [2.24, 2.45) is 4.99 Å². The van der Waals surface area contributed by atoms with Gasteiger partial charge in [0, 0.05) is 12.1 Å². The molecule has 12 heteroatoms. The second kappa shape index (κ2) is 20.3. The fraction of sp³-hybridized carbons (Fsp3) is 0.357. The first-order chi connectivity index (χ1) is 26.1. The molecule has 5 rings (SSSR count). The Hall–Kier alpha value is -5.27. The summed E-state index contributed by atoms with van der Waals surface area (Å²) in [5, 5.41) is 13.5. The Labute approximate surface area is 317 Å². The van der Waals surface area contributed by atoms with Gasteiger partial charge in [-0.3, -0.25) is 5.32 Å². The maximum Gasteiger partial charge on any atom is 0.340 e. The summed E-state index contributed by atoms with van der Waals surface area (Å²) in [6.45, 7) is 4.44. The monoisotopic (exact) mass is 742 g/mol. The van der Waals surface area contributed by atoms with Gasteiger partial charge in [-0.2, -0.15) is 0 Å². The van der Waals surface area contributed by atoms with E-state index in [9.17, 15) is 14.7 Å². The van der Waals surface area contributed by atoms with Crippen LogP contribution in [0.4, 0.5) is 0 Å². The van der Waals surface area contributed by atoms with Crippen LogP contribution in [0, 0.1) is 0 Å². The van der Waals surface area contributed by atoms with Crippen LogP contribution in [0.1, 0.15) is 36.1 Å². The van der Waals surface area contributed by atoms with Gasteiger partial charge in [-0.25, -0.2) is 14.6 Å². The van der Waals surface area contributed by atoms with E-state index in [1.54, 1.807) is 28.1 Å². The number of ether oxygens (including phenoxy) is 7. The van der Waals surface area contributed by atoms with Crippen LogP contribution in [-0.4, -0.2) is 87.9 Å². The molecule has 54 heavy (non-hydrogen) atoms. The zero-order valence-electron chi connectivity index (χ0n) is 31.7. The zero-order chi connectivity index (χ0) is 39.0. The van der Waals surface area contributed by atoms with E-state index in [1.165, 1.54) is 14.2 Å². The minimum absolute atomic E-state index is 0.0254. The van der Waals surface area contributed by atoms with E-state index >= 15 is 0 Å². The van der Waals surface area contributed by atoms with Crippen LogP contribution >= 0.6 is 0 Å². The highest BCUT2D eigenvalue weighted by atomic mass is 16.6. The number of hydrogen-bond acceptors (Lipinski definition) is 12. The van der Waals surface area contributed by atoms with E-state index in [-0.39, 0.29) is 13.2 Å². The third-order valence-corrected chi connectivity index (χ3v) is 9.04. The SMILES string of the molecule is COC(=O)[C@](COCc1ccccc1)(NCc1ccc(OC)cc1)[C@@H](C)O.COC(=O)[C@]1(COCc2ccccc2)N=C(c2ccc(OC)cc2)O[C@@H]1C. The van der Waals surface area contributed by atoms with Crippen molar-refractivity contribution in [3.8, 4) is 11.5 Å². The molecule has 0 unspecified atom stereocenters. The molecule has 1 aliphatic rings. The van der Waals surface area contributed by atoms with Crippen LogP contribution in [0.2, 0.25) is 0 Å². The number of methoxy groups -OCH3 is 4. The van der Waals surface area contributed by atoms with Crippen LogP contribution < -0.4 is 14.8 Å². The number of nitrogens with zero attached hydrogens (tertiary/aromatic N) is 1. The van der Waals surface area contributed by atoms with Crippen LogP contribution in [0.15, 0.2) is 114 Å². The Balaban J connectivity index is 0.000000241. The van der Waals surface area contributed by atoms with E-state index in [1.807, 2.05) is 109 Å². The molecule has 4 aromatic carbocycles. The van der Waals surface area contributed by atoms with Gasteiger partial charge < -0.3 is 38.3 Å². The lowest BCUT2D eigenvalue weighted by molar-refractivity contribution is -0.158. The molecule has 0 spiro atoms. The summed E-state index contributed by atoms with van der Waals surface area (Å²) in [5.41, 5.74) is 1.09. The van der Waals surface area contributed by atoms with E-state index in [0.717, 1.165) is 33.8 Å². The molecule has 1 heterocycles. The Bertz CT molecular complexity index is 1770. The van der Waals surface area contributed by atoms with Gasteiger partial charge in [0.1, 0.15) is 17.6 Å². The Morgan fingerprint density at radius 3 is 1.81 bits per heavy atom. The lowest BCUT2D eigenvalue weighted by Crippen LogP contribution is -2.62. The molecule has 4 aromatic rings. The van der Waals surface area contributed by atoms with Crippen molar-refractivity contribution in [2.45, 2.75) is 56.9 Å². The van der Waals surface area contributed by atoms with Gasteiger partial charge in [-0.05, 0) is 66.9 Å². The summed E-state index contributed by atoms with van der Waals surface area (Å²) in [7, 11) is 5.85. The molecule has 0 fully saturated rings. The molecule has 1 aliphatic heterocycles. The molecule has 0 saturated carbocycles. The highest BCUT2D eigenvalue weighted by molar-refractivity contribution is 5.99. The Kier molecular flexibility index (Phi) is 15.6. The van der Waals surface area contributed by atoms with E-state index in [2.05, 4.69) is 10.3 Å². The number of aliphatic imine (C=N–C) groups is 1. The van der Waals surface area contributed by atoms with Crippen LogP contribution in [0.3, 0.4) is 0 Å². The maximum absolute atomic E-state index is 12.6. The molecule has 0 bridgehead atoms. The number of carbonyl (C=O) groups is 2. The third kappa shape index (κ3) is 10.7. The molecule has 0 saturated heterocycles. The van der Waals surface area contributed by atoms with Crippen LogP contribution in [0.5, 0.6) is 11.5 Å². The quantitative estimate of drug-likeness (QED) is 0.136. The number of hydrogen-bond donors (Lipinski definition) is 2. The van der Waals surface area contributed by atoms with Gasteiger partial charge in [-0.15, -0.1) is 0 Å². The van der Waals surface area contributed by atoms with Crippen molar-refractivity contribution in [1.82, 2.24) is 5.32 Å². The smallest absolute Gasteiger partial charge is 0.340 e. The van der Waals surface area contributed by atoms with Gasteiger partial charge in [0.2, 0.25) is 11.4 Å². The molecule has 2 N–H and O–H groups in total. The van der Waals surface area contributed by atoms with Crippen LogP contribution in [-0.2, 0) is 53.0 Å². The van der Waals surface area contributed by atoms with Crippen molar-refractivity contribution >= 4 is 17.8 Å². The second-order valence-electron chi connectivity index (χ2n) is 12.6. The summed E-state index contributed by atoms with van der Waals surface area (Å²) >= 11 is 0. The first-order valence-corrected chi connectivity index (χ1v) is 17.5. The minimum atomic E-state index is -1.37. The fourth-order valence-corrected chi connectivity index (χ4v) is 5.64. The Morgan fingerprint density at radius 1 is 0.778 bits per heavy atom. The Morgan fingerprint density at radius 2 is 1.31 bits per heavy atom. The van der Waals surface area contributed by atoms with Crippen molar-refractivity contribution in [2.75, 3.05) is 41.7 Å². The number of nitrogens with one attached hydrogen (secondary N) is 1. The average Bonchev–Trinajstić information content (AvgIpc) is 3.56. The minimum Gasteiger partial charge on any atom is -0.497 e. The second-order valence-corrected chi connectivity index (χ2v) is 12.6. The first-order valence-electron chi connectivity index (χ1n) is 17.5. The van der Waals surface area contributed by atoms with Gasteiger partial charge in [-0.1, -0.05) is 72.8 Å². The summed E-state index contributed by atoms with van der Waals surface area (Å²) in [6, 6.07) is 34.1. The maximum atomic E-state index is 12.6. The van der Waals surface area contributed by atoms with Crippen molar-refractivity contribution in [1.29, 1.82) is 0 Å². The number of carbonyl (C=O) groups excluding carboxylic acids is 2. The number of rotatable bonds is 17.